The fourth-order valence-corrected chi connectivity index (χ4v) is 5.11. The predicted molar refractivity (Wildman–Crippen MR) is 145 cm³/mol. The minimum atomic E-state index is -4.64. The number of nitrogens with zero attached hydrogens (tertiary/aromatic N) is 3. The molecule has 1 aliphatic carbocycles. The standard InChI is InChI=1S/C26H26F3N5O3.H3O4P/c1-12-10-34(11-17(30)25(12)36)24-13-5-8-20(35)22(13)31-9-19(24)33-26(37)18-7-6-16(29)23(32-18)21-14(27)3-2-4-15(21)28;1-5(2,3)4/h2-4,6-7,9,12,17,20,25,35-36H,5,8,10-11,30H2,1H3,(H,33,37);(H3,1,2,3,4). The van der Waals surface area contributed by atoms with E-state index in [9.17, 15) is 28.2 Å². The molecular formula is C26H29F3N5O7P. The Balaban J connectivity index is 0.000000748. The second-order valence-electron chi connectivity index (χ2n) is 10.1. The molecule has 0 bridgehead atoms. The van der Waals surface area contributed by atoms with Crippen molar-refractivity contribution >= 4 is 25.1 Å². The van der Waals surface area contributed by atoms with Crippen molar-refractivity contribution in [3.8, 4) is 11.3 Å². The number of aliphatic hydroxyl groups excluding tert-OH is 2. The Morgan fingerprint density at radius 1 is 1.07 bits per heavy atom. The molecule has 1 fully saturated rings. The molecule has 4 atom stereocenters. The second-order valence-corrected chi connectivity index (χ2v) is 11.1. The molecule has 1 aromatic carbocycles. The van der Waals surface area contributed by atoms with E-state index in [-0.39, 0.29) is 11.6 Å². The van der Waals surface area contributed by atoms with Crippen molar-refractivity contribution < 1.29 is 47.4 Å². The molecule has 8 N–H and O–H groups in total. The van der Waals surface area contributed by atoms with E-state index in [2.05, 4.69) is 15.3 Å². The van der Waals surface area contributed by atoms with Crippen LogP contribution in [0.15, 0.2) is 36.5 Å². The Kier molecular flexibility index (Phi) is 9.33. The first kappa shape index (κ1) is 31.5. The highest BCUT2D eigenvalue weighted by Gasteiger charge is 2.36. The first-order chi connectivity index (χ1) is 19.7. The van der Waals surface area contributed by atoms with Crippen LogP contribution in [-0.4, -0.2) is 66.0 Å². The van der Waals surface area contributed by atoms with Crippen LogP contribution in [0.5, 0.6) is 0 Å². The van der Waals surface area contributed by atoms with Crippen LogP contribution >= 0.6 is 7.82 Å². The van der Waals surface area contributed by atoms with Gasteiger partial charge in [-0.05, 0) is 37.1 Å². The van der Waals surface area contributed by atoms with Gasteiger partial charge >= 0.3 is 7.82 Å². The Hall–Kier alpha value is -3.43. The van der Waals surface area contributed by atoms with Crippen molar-refractivity contribution in [2.24, 2.45) is 11.7 Å². The van der Waals surface area contributed by atoms with Crippen LogP contribution in [0.25, 0.3) is 11.3 Å². The topological polar surface area (TPSA) is 202 Å². The number of hydrogen-bond acceptors (Lipinski definition) is 8. The molecule has 0 spiro atoms. The van der Waals surface area contributed by atoms with Gasteiger partial charge in [-0.3, -0.25) is 9.78 Å². The van der Waals surface area contributed by atoms with Crippen molar-refractivity contribution in [3.05, 3.63) is 70.9 Å². The zero-order valence-electron chi connectivity index (χ0n) is 22.2. The molecule has 0 radical (unpaired) electrons. The lowest BCUT2D eigenvalue weighted by Gasteiger charge is -2.41. The van der Waals surface area contributed by atoms with Crippen molar-refractivity contribution in [1.29, 1.82) is 0 Å². The molecule has 1 amide bonds. The van der Waals surface area contributed by atoms with Crippen LogP contribution in [0.2, 0.25) is 0 Å². The summed E-state index contributed by atoms with van der Waals surface area (Å²) in [5.74, 6) is -3.90. The molecule has 12 nitrogen and oxygen atoms in total. The van der Waals surface area contributed by atoms with Gasteiger partial charge in [-0.2, -0.15) is 0 Å². The van der Waals surface area contributed by atoms with Crippen LogP contribution in [0.3, 0.4) is 0 Å². The number of aromatic nitrogens is 2. The summed E-state index contributed by atoms with van der Waals surface area (Å²) in [5.41, 5.74) is 6.85. The molecule has 0 saturated carbocycles. The monoisotopic (exact) mass is 611 g/mol. The average Bonchev–Trinajstić information content (AvgIpc) is 3.27. The number of piperidine rings is 1. The molecule has 16 heteroatoms. The van der Waals surface area contributed by atoms with Gasteiger partial charge in [-0.15, -0.1) is 0 Å². The molecule has 1 saturated heterocycles. The predicted octanol–water partition coefficient (Wildman–Crippen LogP) is 2.01. The van der Waals surface area contributed by atoms with E-state index in [4.69, 9.17) is 25.0 Å². The number of aliphatic hydroxyl groups is 2. The third-order valence-corrected chi connectivity index (χ3v) is 6.97. The Morgan fingerprint density at radius 2 is 1.71 bits per heavy atom. The molecule has 3 aromatic rings. The summed E-state index contributed by atoms with van der Waals surface area (Å²) >= 11 is 0. The molecule has 4 unspecified atom stereocenters. The number of phosphoric acid groups is 1. The largest absolute Gasteiger partial charge is 0.466 e. The van der Waals surface area contributed by atoms with Gasteiger partial charge in [0, 0.05) is 30.6 Å². The summed E-state index contributed by atoms with van der Waals surface area (Å²) in [6.45, 7) is 2.64. The smallest absolute Gasteiger partial charge is 0.391 e. The zero-order chi connectivity index (χ0) is 30.9. The number of hydrogen-bond donors (Lipinski definition) is 7. The van der Waals surface area contributed by atoms with Crippen molar-refractivity contribution in [2.45, 2.75) is 38.0 Å². The molecule has 5 rings (SSSR count). The minimum Gasteiger partial charge on any atom is -0.391 e. The molecule has 42 heavy (non-hydrogen) atoms. The Bertz CT molecular complexity index is 1500. The van der Waals surface area contributed by atoms with Gasteiger partial charge in [0.25, 0.3) is 5.91 Å². The molecular weight excluding hydrogens is 582 g/mol. The Morgan fingerprint density at radius 3 is 2.33 bits per heavy atom. The fraction of sp³-hybridized carbons (Fsp3) is 0.346. The summed E-state index contributed by atoms with van der Waals surface area (Å²) < 4.78 is 52.0. The van der Waals surface area contributed by atoms with E-state index in [1.54, 1.807) is 0 Å². The molecule has 2 aromatic heterocycles. The average molecular weight is 612 g/mol. The maximum Gasteiger partial charge on any atom is 0.466 e. The molecule has 1 aliphatic heterocycles. The van der Waals surface area contributed by atoms with E-state index >= 15 is 0 Å². The van der Waals surface area contributed by atoms with Gasteiger partial charge < -0.3 is 40.8 Å². The van der Waals surface area contributed by atoms with Crippen LogP contribution in [0.1, 0.15) is 41.2 Å². The summed E-state index contributed by atoms with van der Waals surface area (Å²) in [6.07, 6.45) is 0.994. The lowest BCUT2D eigenvalue weighted by molar-refractivity contribution is 0.0784. The first-order valence-electron chi connectivity index (χ1n) is 12.7. The summed E-state index contributed by atoms with van der Waals surface area (Å²) in [7, 11) is -4.64. The van der Waals surface area contributed by atoms with Crippen LogP contribution < -0.4 is 16.0 Å². The highest BCUT2D eigenvalue weighted by Crippen LogP contribution is 2.41. The van der Waals surface area contributed by atoms with Gasteiger partial charge in [-0.1, -0.05) is 13.0 Å². The van der Waals surface area contributed by atoms with Crippen LogP contribution in [0, 0.1) is 23.4 Å². The van der Waals surface area contributed by atoms with Crippen LogP contribution in [-0.2, 0) is 11.0 Å². The number of rotatable bonds is 4. The van der Waals surface area contributed by atoms with Gasteiger partial charge in [0.05, 0.1) is 41.0 Å². The number of pyridine rings is 2. The Labute approximate surface area is 237 Å². The SMILES string of the molecule is CC1CN(c2c(NC(=O)c3ccc(F)c(-c4c(F)cccc4F)n3)cnc3c2CCC3O)CC(N)C1O.O=P(O)(O)O. The third kappa shape index (κ3) is 6.95. The normalized spacial score (nSPS) is 21.8. The number of nitrogens with two attached hydrogens (primary N) is 1. The number of anilines is 2. The van der Waals surface area contributed by atoms with Crippen molar-refractivity contribution in [1.82, 2.24) is 9.97 Å². The molecule has 2 aliphatic rings. The number of carbonyl (C=O) groups is 1. The van der Waals surface area contributed by atoms with Crippen molar-refractivity contribution in [2.75, 3.05) is 23.3 Å². The highest BCUT2D eigenvalue weighted by atomic mass is 31.2. The zero-order valence-corrected chi connectivity index (χ0v) is 23.0. The van der Waals surface area contributed by atoms with E-state index in [1.165, 1.54) is 6.20 Å². The molecule has 3 heterocycles. The number of halogens is 3. The van der Waals surface area contributed by atoms with E-state index < -0.39 is 60.7 Å². The quantitative estimate of drug-likeness (QED) is 0.213. The highest BCUT2D eigenvalue weighted by molar-refractivity contribution is 7.45. The summed E-state index contributed by atoms with van der Waals surface area (Å²) in [6, 6.07) is 4.61. The van der Waals surface area contributed by atoms with Crippen LogP contribution in [0.4, 0.5) is 24.5 Å². The van der Waals surface area contributed by atoms with E-state index in [0.717, 1.165) is 35.9 Å². The van der Waals surface area contributed by atoms with E-state index in [0.29, 0.717) is 43.0 Å². The maximum atomic E-state index is 14.5. The third-order valence-electron chi connectivity index (χ3n) is 6.97. The lowest BCUT2D eigenvalue weighted by atomic mass is 9.92. The lowest BCUT2D eigenvalue weighted by Crippen LogP contribution is -2.56. The van der Waals surface area contributed by atoms with Gasteiger partial charge in [-0.25, -0.2) is 22.7 Å². The molecule has 226 valence electrons. The van der Waals surface area contributed by atoms with Gasteiger partial charge in [0.1, 0.15) is 28.8 Å². The van der Waals surface area contributed by atoms with Gasteiger partial charge in [0.15, 0.2) is 0 Å². The van der Waals surface area contributed by atoms with E-state index in [1.807, 2.05) is 11.8 Å². The van der Waals surface area contributed by atoms with Gasteiger partial charge in [0.2, 0.25) is 0 Å². The summed E-state index contributed by atoms with van der Waals surface area (Å²) in [4.78, 5) is 45.0. The first-order valence-corrected chi connectivity index (χ1v) is 14.3. The summed E-state index contributed by atoms with van der Waals surface area (Å²) in [5, 5.41) is 23.4. The number of nitrogens with one attached hydrogen (secondary N) is 1. The minimum absolute atomic E-state index is 0.153. The number of carbonyl (C=O) groups excluding carboxylic acids is 1. The maximum absolute atomic E-state index is 14.5. The number of fused-ring (bicyclic) bond motifs is 1. The number of benzene rings is 1. The second kappa shape index (κ2) is 12.4. The number of amides is 1. The fourth-order valence-electron chi connectivity index (χ4n) is 5.11. The van der Waals surface area contributed by atoms with Crippen molar-refractivity contribution in [3.63, 3.8) is 0 Å².